The average molecular weight is 329 g/mol. The van der Waals surface area contributed by atoms with Crippen molar-refractivity contribution in [1.29, 1.82) is 0 Å². The number of hydrogen-bond donors (Lipinski definition) is 2. The molecule has 1 aliphatic rings. The first-order valence-corrected chi connectivity index (χ1v) is 7.23. The molecule has 1 aromatic carbocycles. The van der Waals surface area contributed by atoms with Gasteiger partial charge in [-0.25, -0.2) is 4.79 Å². The zero-order chi connectivity index (χ0) is 17.0. The number of amides is 3. The van der Waals surface area contributed by atoms with Gasteiger partial charge in [0.25, 0.3) is 0 Å². The first-order chi connectivity index (χ1) is 10.7. The lowest BCUT2D eigenvalue weighted by molar-refractivity contribution is -0.124. The maximum absolute atomic E-state index is 12.0. The fraction of sp³-hybridized carbons (Fsp3) is 0.467. The maximum atomic E-state index is 12.0. The van der Waals surface area contributed by atoms with Crippen LogP contribution >= 0.6 is 0 Å². The van der Waals surface area contributed by atoms with Crippen LogP contribution in [0.15, 0.2) is 18.2 Å². The van der Waals surface area contributed by atoms with Crippen molar-refractivity contribution in [3.05, 3.63) is 29.3 Å². The van der Waals surface area contributed by atoms with Crippen LogP contribution in [0.2, 0.25) is 0 Å². The summed E-state index contributed by atoms with van der Waals surface area (Å²) in [5.74, 6) is -0.641. The number of nitrogens with one attached hydrogen (secondary N) is 2. The topological polar surface area (TPSA) is 61.4 Å². The number of aryl methyl sites for hydroxylation is 2. The van der Waals surface area contributed by atoms with Gasteiger partial charge in [-0.1, -0.05) is 17.7 Å². The molecule has 2 rings (SSSR count). The second-order valence-electron chi connectivity index (χ2n) is 5.50. The molecule has 0 spiro atoms. The fourth-order valence-electron chi connectivity index (χ4n) is 2.53. The third kappa shape index (κ3) is 5.15. The predicted octanol–water partition coefficient (Wildman–Crippen LogP) is 2.14. The van der Waals surface area contributed by atoms with E-state index in [9.17, 15) is 22.8 Å². The van der Waals surface area contributed by atoms with Crippen molar-refractivity contribution in [2.24, 2.45) is 0 Å². The van der Waals surface area contributed by atoms with E-state index in [1.165, 1.54) is 0 Å². The van der Waals surface area contributed by atoms with Gasteiger partial charge in [0.05, 0.1) is 6.54 Å². The second-order valence-corrected chi connectivity index (χ2v) is 5.50. The number of hydrogen-bond acceptors (Lipinski definition) is 3. The van der Waals surface area contributed by atoms with Gasteiger partial charge < -0.3 is 10.2 Å². The largest absolute Gasteiger partial charge is 0.405 e. The molecule has 0 saturated carbocycles. The van der Waals surface area contributed by atoms with Gasteiger partial charge in [0.1, 0.15) is 6.54 Å². The third-order valence-corrected chi connectivity index (χ3v) is 3.49. The summed E-state index contributed by atoms with van der Waals surface area (Å²) in [6.07, 6.45) is -2.71. The van der Waals surface area contributed by atoms with Gasteiger partial charge in [-0.05, 0) is 31.4 Å². The molecular formula is C15H18F3N3O2. The van der Waals surface area contributed by atoms with E-state index in [-0.39, 0.29) is 6.54 Å². The zero-order valence-corrected chi connectivity index (χ0v) is 12.7. The normalized spacial score (nSPS) is 14.2. The molecule has 1 aromatic rings. The zero-order valence-electron chi connectivity index (χ0n) is 12.7. The molecule has 1 heterocycles. The standard InChI is InChI=1S/C15H18F3N3O2/c1-10-4-5-12-11(7-10)3-2-6-21(12)8-13(22)20-14(23)19-9-15(16,17)18/h4-5,7H,2-3,6,8-9H2,1H3,(H2,19,20,22,23). The molecule has 0 aromatic heterocycles. The van der Waals surface area contributed by atoms with E-state index in [1.807, 2.05) is 29.3 Å². The molecule has 0 atom stereocenters. The van der Waals surface area contributed by atoms with Crippen LogP contribution in [-0.2, 0) is 11.2 Å². The number of rotatable bonds is 3. The Labute approximate surface area is 131 Å². The molecule has 0 saturated heterocycles. The first-order valence-electron chi connectivity index (χ1n) is 7.23. The Bertz CT molecular complexity index is 602. The van der Waals surface area contributed by atoms with Gasteiger partial charge >= 0.3 is 12.2 Å². The summed E-state index contributed by atoms with van der Waals surface area (Å²) < 4.78 is 36.0. The van der Waals surface area contributed by atoms with Crippen molar-refractivity contribution in [3.8, 4) is 0 Å². The van der Waals surface area contributed by atoms with Crippen LogP contribution in [0.5, 0.6) is 0 Å². The highest BCUT2D eigenvalue weighted by molar-refractivity contribution is 5.96. The number of alkyl halides is 3. The molecule has 5 nitrogen and oxygen atoms in total. The molecule has 0 unspecified atom stereocenters. The summed E-state index contributed by atoms with van der Waals surface area (Å²) in [5, 5.41) is 3.51. The maximum Gasteiger partial charge on any atom is 0.405 e. The van der Waals surface area contributed by atoms with Crippen LogP contribution < -0.4 is 15.5 Å². The summed E-state index contributed by atoms with van der Waals surface area (Å²) in [5.41, 5.74) is 3.18. The molecule has 3 amide bonds. The van der Waals surface area contributed by atoms with Gasteiger partial charge in [0.15, 0.2) is 0 Å². The van der Waals surface area contributed by atoms with E-state index in [4.69, 9.17) is 0 Å². The van der Waals surface area contributed by atoms with Gasteiger partial charge in [-0.2, -0.15) is 13.2 Å². The number of fused-ring (bicyclic) bond motifs is 1. The predicted molar refractivity (Wildman–Crippen MR) is 79.3 cm³/mol. The molecule has 23 heavy (non-hydrogen) atoms. The molecular weight excluding hydrogens is 311 g/mol. The number of carbonyl (C=O) groups is 2. The number of anilines is 1. The number of benzene rings is 1. The Morgan fingerprint density at radius 2 is 2.04 bits per heavy atom. The van der Waals surface area contributed by atoms with Crippen molar-refractivity contribution in [1.82, 2.24) is 10.6 Å². The number of nitrogens with zero attached hydrogens (tertiary/aromatic N) is 1. The summed E-state index contributed by atoms with van der Waals surface area (Å²) in [4.78, 5) is 24.9. The Hall–Kier alpha value is -2.25. The van der Waals surface area contributed by atoms with Crippen molar-refractivity contribution in [2.45, 2.75) is 25.9 Å². The molecule has 2 N–H and O–H groups in total. The molecule has 0 fully saturated rings. The van der Waals surface area contributed by atoms with Gasteiger partial charge in [-0.3, -0.25) is 10.1 Å². The molecule has 0 aliphatic carbocycles. The number of imide groups is 1. The van der Waals surface area contributed by atoms with Crippen molar-refractivity contribution in [2.75, 3.05) is 24.5 Å². The average Bonchev–Trinajstić information content (AvgIpc) is 2.44. The number of halogens is 3. The van der Waals surface area contributed by atoms with Crippen LogP contribution in [0.1, 0.15) is 17.5 Å². The van der Waals surface area contributed by atoms with E-state index in [0.29, 0.717) is 6.54 Å². The lowest BCUT2D eigenvalue weighted by Crippen LogP contribution is -2.47. The lowest BCUT2D eigenvalue weighted by atomic mass is 9.99. The van der Waals surface area contributed by atoms with E-state index < -0.39 is 24.7 Å². The molecule has 126 valence electrons. The van der Waals surface area contributed by atoms with E-state index in [2.05, 4.69) is 6.07 Å². The minimum absolute atomic E-state index is 0.0739. The van der Waals surface area contributed by atoms with Crippen LogP contribution in [0.3, 0.4) is 0 Å². The van der Waals surface area contributed by atoms with E-state index >= 15 is 0 Å². The van der Waals surface area contributed by atoms with Crippen LogP contribution in [0, 0.1) is 6.92 Å². The highest BCUT2D eigenvalue weighted by Crippen LogP contribution is 2.27. The highest BCUT2D eigenvalue weighted by atomic mass is 19.4. The van der Waals surface area contributed by atoms with Gasteiger partial charge in [-0.15, -0.1) is 0 Å². The Kier molecular flexibility index (Phi) is 5.12. The minimum Gasteiger partial charge on any atom is -0.362 e. The summed E-state index contributed by atoms with van der Waals surface area (Å²) in [6, 6.07) is 4.76. The number of urea groups is 1. The van der Waals surface area contributed by atoms with Crippen molar-refractivity contribution < 1.29 is 22.8 Å². The summed E-state index contributed by atoms with van der Waals surface area (Å²) in [6.45, 7) is 1.10. The molecule has 8 heteroatoms. The van der Waals surface area contributed by atoms with Crippen molar-refractivity contribution in [3.63, 3.8) is 0 Å². The first kappa shape index (κ1) is 17.1. The minimum atomic E-state index is -4.51. The third-order valence-electron chi connectivity index (χ3n) is 3.49. The smallest absolute Gasteiger partial charge is 0.362 e. The van der Waals surface area contributed by atoms with Gasteiger partial charge in [0.2, 0.25) is 5.91 Å². The quantitative estimate of drug-likeness (QED) is 0.893. The van der Waals surface area contributed by atoms with Crippen LogP contribution in [0.25, 0.3) is 0 Å². The number of carbonyl (C=O) groups excluding carboxylic acids is 2. The van der Waals surface area contributed by atoms with Crippen LogP contribution in [0.4, 0.5) is 23.7 Å². The molecule has 0 radical (unpaired) electrons. The van der Waals surface area contributed by atoms with E-state index in [1.54, 1.807) is 5.32 Å². The van der Waals surface area contributed by atoms with E-state index in [0.717, 1.165) is 29.7 Å². The van der Waals surface area contributed by atoms with Gasteiger partial charge in [0, 0.05) is 12.2 Å². The second kappa shape index (κ2) is 6.89. The Morgan fingerprint density at radius 1 is 1.30 bits per heavy atom. The highest BCUT2D eigenvalue weighted by Gasteiger charge is 2.28. The lowest BCUT2D eigenvalue weighted by Gasteiger charge is -2.30. The Balaban J connectivity index is 1.90. The van der Waals surface area contributed by atoms with Crippen LogP contribution in [-0.4, -0.2) is 37.7 Å². The van der Waals surface area contributed by atoms with Crippen molar-refractivity contribution >= 4 is 17.6 Å². The summed E-state index contributed by atoms with van der Waals surface area (Å²) in [7, 11) is 0. The molecule has 0 bridgehead atoms. The molecule has 1 aliphatic heterocycles. The monoisotopic (exact) mass is 329 g/mol. The fourth-order valence-corrected chi connectivity index (χ4v) is 2.53. The SMILES string of the molecule is Cc1ccc2c(c1)CCCN2CC(=O)NC(=O)NCC(F)(F)F. The Morgan fingerprint density at radius 3 is 2.74 bits per heavy atom. The summed E-state index contributed by atoms with van der Waals surface area (Å²) >= 11 is 0.